The van der Waals surface area contributed by atoms with E-state index >= 15 is 0 Å². The van der Waals surface area contributed by atoms with Gasteiger partial charge in [0.15, 0.2) is 0 Å². The van der Waals surface area contributed by atoms with E-state index in [0.29, 0.717) is 11.9 Å². The molecule has 0 N–H and O–H groups in total. The van der Waals surface area contributed by atoms with E-state index < -0.39 is 0 Å². The molecule has 2 nitrogen and oxygen atoms in total. The highest BCUT2D eigenvalue weighted by atomic mass is 32.2. The van der Waals surface area contributed by atoms with Gasteiger partial charge in [0.05, 0.1) is 4.75 Å². The minimum absolute atomic E-state index is 0.249. The van der Waals surface area contributed by atoms with Crippen LogP contribution in [0.1, 0.15) is 32.6 Å². The van der Waals surface area contributed by atoms with Crippen LogP contribution in [0.2, 0.25) is 0 Å². The molecule has 2 rings (SSSR count). The second-order valence-corrected chi connectivity index (χ2v) is 6.25. The highest BCUT2D eigenvalue weighted by Gasteiger charge is 2.42. The molecule has 0 spiro atoms. The van der Waals surface area contributed by atoms with Crippen molar-refractivity contribution in [1.82, 2.24) is 4.90 Å². The average Bonchev–Trinajstić information content (AvgIpc) is 2.61. The minimum atomic E-state index is -0.249. The van der Waals surface area contributed by atoms with E-state index in [0.717, 1.165) is 18.7 Å². The van der Waals surface area contributed by atoms with Crippen molar-refractivity contribution >= 4 is 17.7 Å². The lowest BCUT2D eigenvalue weighted by Gasteiger charge is -2.30. The van der Waals surface area contributed by atoms with Gasteiger partial charge in [-0.05, 0) is 38.4 Å². The van der Waals surface area contributed by atoms with Crippen molar-refractivity contribution in [3.8, 4) is 0 Å². The van der Waals surface area contributed by atoms with Gasteiger partial charge in [-0.1, -0.05) is 6.08 Å². The van der Waals surface area contributed by atoms with E-state index in [9.17, 15) is 4.79 Å². The van der Waals surface area contributed by atoms with Crippen LogP contribution in [0.3, 0.4) is 0 Å². The molecule has 15 heavy (non-hydrogen) atoms. The first-order valence-electron chi connectivity index (χ1n) is 5.73. The highest BCUT2D eigenvalue weighted by molar-refractivity contribution is 8.01. The number of carbonyl (C=O) groups is 1. The molecule has 0 radical (unpaired) electrons. The summed E-state index contributed by atoms with van der Waals surface area (Å²) in [5.41, 5.74) is 0. The summed E-state index contributed by atoms with van der Waals surface area (Å²) >= 11 is 1.81. The largest absolute Gasteiger partial charge is 0.338 e. The Labute approximate surface area is 96.1 Å². The summed E-state index contributed by atoms with van der Waals surface area (Å²) in [5, 5.41) is 0. The fraction of sp³-hybridized carbons (Fsp3) is 0.750. The van der Waals surface area contributed by atoms with Crippen LogP contribution in [-0.2, 0) is 4.79 Å². The standard InChI is InChI=1S/C12H19NOS/c1-3-7-12(2)11(14)13-8-4-5-10(13)6-9-15-12/h3,10H,1,4-9H2,2H3/t10-,12+/m0/s1. The normalized spacial score (nSPS) is 36.2. The lowest BCUT2D eigenvalue weighted by Crippen LogP contribution is -2.45. The van der Waals surface area contributed by atoms with Gasteiger partial charge in [0.1, 0.15) is 0 Å². The van der Waals surface area contributed by atoms with Gasteiger partial charge in [0, 0.05) is 12.6 Å². The molecular formula is C12H19NOS. The molecule has 2 heterocycles. The number of rotatable bonds is 2. The average molecular weight is 225 g/mol. The molecular weight excluding hydrogens is 206 g/mol. The molecule has 0 unspecified atom stereocenters. The molecule has 0 aromatic heterocycles. The summed E-state index contributed by atoms with van der Waals surface area (Å²) < 4.78 is -0.249. The van der Waals surface area contributed by atoms with Crippen molar-refractivity contribution < 1.29 is 4.79 Å². The second kappa shape index (κ2) is 4.20. The van der Waals surface area contributed by atoms with Crippen LogP contribution in [0.5, 0.6) is 0 Å². The van der Waals surface area contributed by atoms with Crippen LogP contribution < -0.4 is 0 Å². The van der Waals surface area contributed by atoms with Gasteiger partial charge in [0.2, 0.25) is 5.91 Å². The monoisotopic (exact) mass is 225 g/mol. The van der Waals surface area contributed by atoms with E-state index in [1.165, 1.54) is 19.3 Å². The van der Waals surface area contributed by atoms with Gasteiger partial charge in [0.25, 0.3) is 0 Å². The summed E-state index contributed by atoms with van der Waals surface area (Å²) in [6, 6.07) is 0.525. The fourth-order valence-corrected chi connectivity index (χ4v) is 3.93. The van der Waals surface area contributed by atoms with E-state index in [2.05, 4.69) is 18.4 Å². The maximum atomic E-state index is 12.4. The molecule has 0 bridgehead atoms. The zero-order valence-corrected chi connectivity index (χ0v) is 10.2. The fourth-order valence-electron chi connectivity index (χ4n) is 2.61. The number of amides is 1. The Bertz CT molecular complexity index is 279. The van der Waals surface area contributed by atoms with E-state index in [-0.39, 0.29) is 4.75 Å². The van der Waals surface area contributed by atoms with Gasteiger partial charge >= 0.3 is 0 Å². The Morgan fingerprint density at radius 3 is 3.20 bits per heavy atom. The number of hydrogen-bond acceptors (Lipinski definition) is 2. The van der Waals surface area contributed by atoms with Gasteiger partial charge in [-0.3, -0.25) is 4.79 Å². The van der Waals surface area contributed by atoms with Crippen LogP contribution in [0, 0.1) is 0 Å². The molecule has 0 aliphatic carbocycles. The number of thioether (sulfide) groups is 1. The van der Waals surface area contributed by atoms with Crippen LogP contribution >= 0.6 is 11.8 Å². The molecule has 0 aromatic carbocycles. The Hall–Kier alpha value is -0.440. The van der Waals surface area contributed by atoms with E-state index in [1.54, 1.807) is 0 Å². The SMILES string of the molecule is C=CC[C@@]1(C)SCC[C@@H]2CCCN2C1=O. The molecule has 0 aromatic rings. The highest BCUT2D eigenvalue weighted by Crippen LogP contribution is 2.38. The van der Waals surface area contributed by atoms with Crippen LogP contribution in [0.25, 0.3) is 0 Å². The van der Waals surface area contributed by atoms with Gasteiger partial charge in [-0.15, -0.1) is 18.3 Å². The summed E-state index contributed by atoms with van der Waals surface area (Å²) in [7, 11) is 0. The quantitative estimate of drug-likeness (QED) is 0.673. The number of allylic oxidation sites excluding steroid dienone is 1. The second-order valence-electron chi connectivity index (χ2n) is 4.66. The summed E-state index contributed by atoms with van der Waals surface area (Å²) in [5.74, 6) is 1.45. The van der Waals surface area contributed by atoms with Crippen molar-refractivity contribution in [1.29, 1.82) is 0 Å². The van der Waals surface area contributed by atoms with E-state index in [4.69, 9.17) is 0 Å². The molecule has 2 aliphatic heterocycles. The first-order valence-corrected chi connectivity index (χ1v) is 6.72. The van der Waals surface area contributed by atoms with Gasteiger partial charge in [-0.25, -0.2) is 0 Å². The predicted octanol–water partition coefficient (Wildman–Crippen LogP) is 2.45. The number of fused-ring (bicyclic) bond motifs is 1. The summed E-state index contributed by atoms with van der Waals surface area (Å²) in [4.78, 5) is 14.5. The van der Waals surface area contributed by atoms with Crippen molar-refractivity contribution in [2.45, 2.75) is 43.4 Å². The summed E-state index contributed by atoms with van der Waals surface area (Å²) in [6.45, 7) is 6.81. The van der Waals surface area contributed by atoms with E-state index in [1.807, 2.05) is 17.8 Å². The van der Waals surface area contributed by atoms with Crippen molar-refractivity contribution in [2.24, 2.45) is 0 Å². The molecule has 2 atom stereocenters. The maximum absolute atomic E-state index is 12.4. The van der Waals surface area contributed by atoms with Crippen molar-refractivity contribution in [2.75, 3.05) is 12.3 Å². The topological polar surface area (TPSA) is 20.3 Å². The Balaban J connectivity index is 2.20. The molecule has 2 aliphatic rings. The zero-order chi connectivity index (χ0) is 10.9. The Kier molecular flexibility index (Phi) is 3.10. The lowest BCUT2D eigenvalue weighted by atomic mass is 10.0. The molecule has 1 amide bonds. The first kappa shape index (κ1) is 11.1. The van der Waals surface area contributed by atoms with Gasteiger partial charge < -0.3 is 4.90 Å². The zero-order valence-electron chi connectivity index (χ0n) is 9.37. The minimum Gasteiger partial charge on any atom is -0.338 e. The molecule has 2 fully saturated rings. The third-order valence-electron chi connectivity index (χ3n) is 3.50. The molecule has 3 heteroatoms. The third kappa shape index (κ3) is 1.94. The number of hydrogen-bond donors (Lipinski definition) is 0. The van der Waals surface area contributed by atoms with Crippen LogP contribution in [0.4, 0.5) is 0 Å². The number of carbonyl (C=O) groups excluding carboxylic acids is 1. The predicted molar refractivity (Wildman–Crippen MR) is 65.0 cm³/mol. The molecule has 2 saturated heterocycles. The summed E-state index contributed by atoms with van der Waals surface area (Å²) in [6.07, 6.45) is 6.23. The van der Waals surface area contributed by atoms with Crippen LogP contribution in [0.15, 0.2) is 12.7 Å². The first-order chi connectivity index (χ1) is 7.17. The number of nitrogens with zero attached hydrogens (tertiary/aromatic N) is 1. The van der Waals surface area contributed by atoms with Crippen molar-refractivity contribution in [3.63, 3.8) is 0 Å². The maximum Gasteiger partial charge on any atom is 0.239 e. The Morgan fingerprint density at radius 2 is 2.47 bits per heavy atom. The molecule has 0 saturated carbocycles. The van der Waals surface area contributed by atoms with Crippen LogP contribution in [-0.4, -0.2) is 33.9 Å². The Morgan fingerprint density at radius 1 is 1.67 bits per heavy atom. The van der Waals surface area contributed by atoms with Crippen molar-refractivity contribution in [3.05, 3.63) is 12.7 Å². The third-order valence-corrected chi connectivity index (χ3v) is 4.91. The molecule has 84 valence electrons. The van der Waals surface area contributed by atoms with Gasteiger partial charge in [-0.2, -0.15) is 0 Å². The lowest BCUT2D eigenvalue weighted by molar-refractivity contribution is -0.133. The smallest absolute Gasteiger partial charge is 0.239 e.